The molecule has 22 heavy (non-hydrogen) atoms. The number of amides is 2. The van der Waals surface area contributed by atoms with Gasteiger partial charge >= 0.3 is 0 Å². The number of carbonyl (C=O) groups is 2. The standard InChI is InChI=1S/C15H21N3O3.ClH/c1-16-15(20)12-8-11(21-2)5-6-13(12)18-14(19)10-4-3-7-17-9-10;/h5-6,8,10,17H,3-4,7,9H2,1-2H3,(H,16,20)(H,18,19);1H. The summed E-state index contributed by atoms with van der Waals surface area (Å²) in [5, 5.41) is 8.63. The van der Waals surface area contributed by atoms with Crippen molar-refractivity contribution in [3.63, 3.8) is 0 Å². The fraction of sp³-hybridized carbons (Fsp3) is 0.467. The summed E-state index contributed by atoms with van der Waals surface area (Å²) in [4.78, 5) is 24.2. The summed E-state index contributed by atoms with van der Waals surface area (Å²) in [7, 11) is 3.09. The highest BCUT2D eigenvalue weighted by Crippen LogP contribution is 2.23. The number of hydrogen-bond acceptors (Lipinski definition) is 4. The smallest absolute Gasteiger partial charge is 0.253 e. The molecule has 2 rings (SSSR count). The van der Waals surface area contributed by atoms with Crippen LogP contribution < -0.4 is 20.7 Å². The first-order valence-corrected chi connectivity index (χ1v) is 7.07. The van der Waals surface area contributed by atoms with E-state index in [1.165, 1.54) is 7.11 Å². The van der Waals surface area contributed by atoms with Gasteiger partial charge in [-0.05, 0) is 37.6 Å². The Bertz CT molecular complexity index is 531. The van der Waals surface area contributed by atoms with E-state index in [4.69, 9.17) is 4.74 Å². The number of methoxy groups -OCH3 is 1. The highest BCUT2D eigenvalue weighted by Gasteiger charge is 2.22. The number of ether oxygens (including phenoxy) is 1. The fourth-order valence-corrected chi connectivity index (χ4v) is 2.39. The van der Waals surface area contributed by atoms with Gasteiger partial charge in [-0.15, -0.1) is 12.4 Å². The van der Waals surface area contributed by atoms with Gasteiger partial charge < -0.3 is 20.7 Å². The van der Waals surface area contributed by atoms with E-state index in [1.54, 1.807) is 25.2 Å². The van der Waals surface area contributed by atoms with Crippen molar-refractivity contribution in [2.45, 2.75) is 12.8 Å². The molecule has 1 heterocycles. The maximum absolute atomic E-state index is 12.3. The van der Waals surface area contributed by atoms with Crippen molar-refractivity contribution in [1.82, 2.24) is 10.6 Å². The molecule has 0 aliphatic carbocycles. The topological polar surface area (TPSA) is 79.5 Å². The number of anilines is 1. The monoisotopic (exact) mass is 327 g/mol. The third kappa shape index (κ3) is 4.35. The Balaban J connectivity index is 0.00000242. The molecule has 0 spiro atoms. The third-order valence-electron chi connectivity index (χ3n) is 3.62. The quantitative estimate of drug-likeness (QED) is 0.781. The number of piperidine rings is 1. The summed E-state index contributed by atoms with van der Waals surface area (Å²) in [6, 6.07) is 5.03. The van der Waals surface area contributed by atoms with Crippen molar-refractivity contribution in [1.29, 1.82) is 0 Å². The first kappa shape index (κ1) is 18.3. The Labute approximate surface area is 136 Å². The van der Waals surface area contributed by atoms with Crippen LogP contribution in [0, 0.1) is 5.92 Å². The highest BCUT2D eigenvalue weighted by molar-refractivity contribution is 6.04. The van der Waals surface area contributed by atoms with E-state index in [1.807, 2.05) is 0 Å². The molecule has 1 unspecified atom stereocenters. The summed E-state index contributed by atoms with van der Waals surface area (Å²) in [5.41, 5.74) is 0.902. The molecule has 2 amide bonds. The van der Waals surface area contributed by atoms with E-state index in [9.17, 15) is 9.59 Å². The molecule has 0 saturated carbocycles. The van der Waals surface area contributed by atoms with Crippen LogP contribution >= 0.6 is 12.4 Å². The summed E-state index contributed by atoms with van der Waals surface area (Å²) in [6.45, 7) is 1.63. The SMILES string of the molecule is CNC(=O)c1cc(OC)ccc1NC(=O)C1CCCNC1.Cl. The van der Waals surface area contributed by atoms with Gasteiger partial charge in [-0.2, -0.15) is 0 Å². The van der Waals surface area contributed by atoms with E-state index in [2.05, 4.69) is 16.0 Å². The normalized spacial score (nSPS) is 17.1. The van der Waals surface area contributed by atoms with Gasteiger partial charge in [-0.3, -0.25) is 9.59 Å². The molecule has 3 N–H and O–H groups in total. The molecule has 1 saturated heterocycles. The van der Waals surface area contributed by atoms with Crippen molar-refractivity contribution in [3.05, 3.63) is 23.8 Å². The van der Waals surface area contributed by atoms with Crippen molar-refractivity contribution >= 4 is 29.9 Å². The number of halogens is 1. The van der Waals surface area contributed by atoms with E-state index in [0.29, 0.717) is 23.5 Å². The summed E-state index contributed by atoms with van der Waals surface area (Å²) in [5.74, 6) is 0.202. The van der Waals surface area contributed by atoms with Gasteiger partial charge in [0, 0.05) is 13.6 Å². The zero-order valence-electron chi connectivity index (χ0n) is 12.8. The van der Waals surface area contributed by atoms with Crippen LogP contribution in [0.4, 0.5) is 5.69 Å². The molecule has 0 radical (unpaired) electrons. The number of carbonyl (C=O) groups excluding carboxylic acids is 2. The van der Waals surface area contributed by atoms with Gasteiger partial charge in [0.15, 0.2) is 0 Å². The number of rotatable bonds is 4. The molecule has 7 heteroatoms. The maximum atomic E-state index is 12.3. The maximum Gasteiger partial charge on any atom is 0.253 e. The molecule has 1 atom stereocenters. The number of hydrogen-bond donors (Lipinski definition) is 3. The molecule has 6 nitrogen and oxygen atoms in total. The third-order valence-corrected chi connectivity index (χ3v) is 3.62. The number of nitrogens with one attached hydrogen (secondary N) is 3. The Morgan fingerprint density at radius 3 is 2.73 bits per heavy atom. The van der Waals surface area contributed by atoms with Crippen LogP contribution in [-0.4, -0.2) is 39.1 Å². The summed E-state index contributed by atoms with van der Waals surface area (Å²) >= 11 is 0. The molecular weight excluding hydrogens is 306 g/mol. The average molecular weight is 328 g/mol. The zero-order valence-corrected chi connectivity index (χ0v) is 13.6. The lowest BCUT2D eigenvalue weighted by Crippen LogP contribution is -2.37. The van der Waals surface area contributed by atoms with Gasteiger partial charge in [0.1, 0.15) is 5.75 Å². The predicted molar refractivity (Wildman–Crippen MR) is 87.9 cm³/mol. The molecule has 1 aliphatic rings. The van der Waals surface area contributed by atoms with E-state index >= 15 is 0 Å². The molecule has 1 aliphatic heterocycles. The first-order valence-electron chi connectivity index (χ1n) is 7.07. The van der Waals surface area contributed by atoms with E-state index in [0.717, 1.165) is 19.4 Å². The first-order chi connectivity index (χ1) is 10.2. The molecule has 0 aromatic heterocycles. The molecule has 122 valence electrons. The van der Waals surface area contributed by atoms with E-state index in [-0.39, 0.29) is 30.1 Å². The van der Waals surface area contributed by atoms with Gasteiger partial charge in [-0.1, -0.05) is 0 Å². The minimum atomic E-state index is -0.258. The summed E-state index contributed by atoms with van der Waals surface area (Å²) < 4.78 is 5.12. The minimum Gasteiger partial charge on any atom is -0.497 e. The van der Waals surface area contributed by atoms with Gasteiger partial charge in [-0.25, -0.2) is 0 Å². The van der Waals surface area contributed by atoms with Crippen LogP contribution in [0.25, 0.3) is 0 Å². The second kappa shape index (κ2) is 8.60. The van der Waals surface area contributed by atoms with E-state index < -0.39 is 0 Å². The van der Waals surface area contributed by atoms with Gasteiger partial charge in [0.2, 0.25) is 5.91 Å². The lowest BCUT2D eigenvalue weighted by atomic mass is 9.98. The van der Waals surface area contributed by atoms with Crippen LogP contribution in [-0.2, 0) is 4.79 Å². The molecule has 1 aromatic carbocycles. The summed E-state index contributed by atoms with van der Waals surface area (Å²) in [6.07, 6.45) is 1.85. The second-order valence-corrected chi connectivity index (χ2v) is 5.02. The second-order valence-electron chi connectivity index (χ2n) is 5.02. The lowest BCUT2D eigenvalue weighted by molar-refractivity contribution is -0.120. The Morgan fingerprint density at radius 1 is 1.36 bits per heavy atom. The van der Waals surface area contributed by atoms with Gasteiger partial charge in [0.05, 0.1) is 24.3 Å². The largest absolute Gasteiger partial charge is 0.497 e. The van der Waals surface area contributed by atoms with Crippen LogP contribution in [0.1, 0.15) is 23.2 Å². The van der Waals surface area contributed by atoms with Crippen molar-refractivity contribution < 1.29 is 14.3 Å². The van der Waals surface area contributed by atoms with Crippen LogP contribution in [0.5, 0.6) is 5.75 Å². The predicted octanol–water partition coefficient (Wildman–Crippen LogP) is 1.41. The Morgan fingerprint density at radius 2 is 2.14 bits per heavy atom. The van der Waals surface area contributed by atoms with Gasteiger partial charge in [0.25, 0.3) is 5.91 Å². The molecule has 1 fully saturated rings. The number of benzene rings is 1. The van der Waals surface area contributed by atoms with Crippen LogP contribution in [0.2, 0.25) is 0 Å². The van der Waals surface area contributed by atoms with Crippen molar-refractivity contribution in [2.24, 2.45) is 5.92 Å². The highest BCUT2D eigenvalue weighted by atomic mass is 35.5. The molecule has 1 aromatic rings. The minimum absolute atomic E-state index is 0. The van der Waals surface area contributed by atoms with Crippen molar-refractivity contribution in [2.75, 3.05) is 32.6 Å². The van der Waals surface area contributed by atoms with Crippen LogP contribution in [0.3, 0.4) is 0 Å². The molecular formula is C15H22ClN3O3. The van der Waals surface area contributed by atoms with Crippen LogP contribution in [0.15, 0.2) is 18.2 Å². The Kier molecular flexibility index (Phi) is 7.14. The Hall–Kier alpha value is -1.79. The molecule has 0 bridgehead atoms. The lowest BCUT2D eigenvalue weighted by Gasteiger charge is -2.22. The zero-order chi connectivity index (χ0) is 15.2. The van der Waals surface area contributed by atoms with Crippen molar-refractivity contribution in [3.8, 4) is 5.75 Å². The fourth-order valence-electron chi connectivity index (χ4n) is 2.39. The average Bonchev–Trinajstić information content (AvgIpc) is 2.55.